The highest BCUT2D eigenvalue weighted by Gasteiger charge is 2.43. The number of nitrogens with one attached hydrogen (secondary N) is 1. The van der Waals surface area contributed by atoms with Crippen LogP contribution in [0.4, 0.5) is 0 Å². The summed E-state index contributed by atoms with van der Waals surface area (Å²) in [6.45, 7) is 0. The quantitative estimate of drug-likeness (QED) is 0.653. The van der Waals surface area contributed by atoms with Gasteiger partial charge in [-0.2, -0.15) is 0 Å². The predicted octanol–water partition coefficient (Wildman–Crippen LogP) is 3.58. The lowest BCUT2D eigenvalue weighted by Gasteiger charge is -2.15. The van der Waals surface area contributed by atoms with E-state index in [4.69, 9.17) is 17.4 Å². The Hall–Kier alpha value is -0.870. The Morgan fingerprint density at radius 3 is 2.68 bits per heavy atom. The van der Waals surface area contributed by atoms with Crippen molar-refractivity contribution in [2.45, 2.75) is 24.8 Å². The molecule has 0 bridgehead atoms. The van der Waals surface area contributed by atoms with E-state index in [2.05, 4.69) is 41.8 Å². The van der Waals surface area contributed by atoms with E-state index < -0.39 is 0 Å². The third kappa shape index (κ3) is 3.00. The van der Waals surface area contributed by atoms with Crippen molar-refractivity contribution in [1.82, 2.24) is 5.43 Å². The molecule has 4 heteroatoms. The fourth-order valence-corrected chi connectivity index (χ4v) is 3.90. The molecule has 19 heavy (non-hydrogen) atoms. The average Bonchev–Trinajstić information content (AvgIpc) is 3.13. The van der Waals surface area contributed by atoms with Gasteiger partial charge in [-0.3, -0.25) is 11.3 Å². The summed E-state index contributed by atoms with van der Waals surface area (Å²) in [5, 5.41) is 0. The van der Waals surface area contributed by atoms with Crippen LogP contribution in [0.25, 0.3) is 0 Å². The van der Waals surface area contributed by atoms with Crippen LogP contribution in [0.15, 0.2) is 42.5 Å². The van der Waals surface area contributed by atoms with E-state index in [0.29, 0.717) is 17.9 Å². The molecule has 3 N–H and O–H groups in total. The van der Waals surface area contributed by atoms with Gasteiger partial charge >= 0.3 is 0 Å². The van der Waals surface area contributed by atoms with Gasteiger partial charge in [0.15, 0.2) is 0 Å². The summed E-state index contributed by atoms with van der Waals surface area (Å²) < 4.78 is 0.848. The van der Waals surface area contributed by atoms with Crippen LogP contribution in [0, 0.1) is 5.92 Å². The van der Waals surface area contributed by atoms with Crippen molar-refractivity contribution in [2.24, 2.45) is 11.8 Å². The maximum absolute atomic E-state index is 5.97. The largest absolute Gasteiger partial charge is 0.271 e. The lowest BCUT2D eigenvalue weighted by molar-refractivity contribution is 0.467. The van der Waals surface area contributed by atoms with Crippen molar-refractivity contribution in [1.29, 1.82) is 0 Å². The lowest BCUT2D eigenvalue weighted by atomic mass is 10.0. The first-order valence-electron chi connectivity index (χ1n) is 6.53. The summed E-state index contributed by atoms with van der Waals surface area (Å²) in [4.78, 5) is 1.30. The highest BCUT2D eigenvalue weighted by Crippen LogP contribution is 2.50. The molecule has 2 aromatic rings. The van der Waals surface area contributed by atoms with Crippen LogP contribution in [0.2, 0.25) is 4.34 Å². The molecule has 0 aliphatic heterocycles. The summed E-state index contributed by atoms with van der Waals surface area (Å²) in [7, 11) is 0. The number of hydrogen-bond donors (Lipinski definition) is 2. The smallest absolute Gasteiger partial charge is 0.0931 e. The second-order valence-electron chi connectivity index (χ2n) is 5.10. The summed E-state index contributed by atoms with van der Waals surface area (Å²) >= 11 is 7.62. The van der Waals surface area contributed by atoms with Gasteiger partial charge in [-0.05, 0) is 42.4 Å². The zero-order valence-corrected chi connectivity index (χ0v) is 12.1. The predicted molar refractivity (Wildman–Crippen MR) is 81.4 cm³/mol. The molecule has 3 unspecified atom stereocenters. The number of nitrogens with two attached hydrogens (primary N) is 1. The van der Waals surface area contributed by atoms with E-state index >= 15 is 0 Å². The first-order chi connectivity index (χ1) is 9.28. The van der Waals surface area contributed by atoms with Crippen molar-refractivity contribution in [2.75, 3.05) is 0 Å². The van der Waals surface area contributed by atoms with E-state index in [9.17, 15) is 0 Å². The minimum Gasteiger partial charge on any atom is -0.271 e. The Morgan fingerprint density at radius 2 is 2.05 bits per heavy atom. The van der Waals surface area contributed by atoms with Gasteiger partial charge in [0.25, 0.3) is 0 Å². The van der Waals surface area contributed by atoms with Gasteiger partial charge in [0.05, 0.1) is 4.34 Å². The maximum Gasteiger partial charge on any atom is 0.0931 e. The minimum absolute atomic E-state index is 0.333. The average molecular weight is 293 g/mol. The van der Waals surface area contributed by atoms with Gasteiger partial charge in [-0.15, -0.1) is 11.3 Å². The van der Waals surface area contributed by atoms with E-state index in [1.807, 2.05) is 6.07 Å². The third-order valence-corrected chi connectivity index (χ3v) is 5.10. The Bertz CT molecular complexity index is 540. The SMILES string of the molecule is NNC(Cc1ccc(Cl)s1)C1CC1c1ccccc1. The standard InChI is InChI=1S/C15H17ClN2S/c16-15-7-6-11(19-15)8-14(18-17)13-9-12(13)10-4-2-1-3-5-10/h1-7,12-14,18H,8-9,17H2. The number of halogens is 1. The van der Waals surface area contributed by atoms with E-state index in [0.717, 1.165) is 10.8 Å². The molecule has 1 aliphatic rings. The van der Waals surface area contributed by atoms with Crippen LogP contribution >= 0.6 is 22.9 Å². The van der Waals surface area contributed by atoms with Gasteiger partial charge < -0.3 is 0 Å². The highest BCUT2D eigenvalue weighted by atomic mass is 35.5. The number of hydrazine groups is 1. The van der Waals surface area contributed by atoms with Gasteiger partial charge in [0.1, 0.15) is 0 Å². The molecule has 100 valence electrons. The number of thiophene rings is 1. The monoisotopic (exact) mass is 292 g/mol. The van der Waals surface area contributed by atoms with Crippen molar-refractivity contribution in [3.8, 4) is 0 Å². The second-order valence-corrected chi connectivity index (χ2v) is 6.90. The Labute approximate surface area is 122 Å². The fourth-order valence-electron chi connectivity index (χ4n) is 2.75. The van der Waals surface area contributed by atoms with Crippen molar-refractivity contribution in [3.05, 3.63) is 57.2 Å². The molecule has 0 saturated heterocycles. The molecule has 1 aromatic carbocycles. The molecular weight excluding hydrogens is 276 g/mol. The van der Waals surface area contributed by atoms with Crippen molar-refractivity contribution >= 4 is 22.9 Å². The van der Waals surface area contributed by atoms with Gasteiger partial charge in [0.2, 0.25) is 0 Å². The summed E-state index contributed by atoms with van der Waals surface area (Å²) in [5.41, 5.74) is 4.41. The molecule has 2 nitrogen and oxygen atoms in total. The zero-order chi connectivity index (χ0) is 13.2. The van der Waals surface area contributed by atoms with Gasteiger partial charge in [-0.1, -0.05) is 41.9 Å². The van der Waals surface area contributed by atoms with Crippen LogP contribution in [0.1, 0.15) is 22.8 Å². The van der Waals surface area contributed by atoms with Crippen molar-refractivity contribution in [3.63, 3.8) is 0 Å². The molecule has 1 aromatic heterocycles. The fraction of sp³-hybridized carbons (Fsp3) is 0.333. The normalized spacial score (nSPS) is 23.3. The molecular formula is C15H17ClN2S. The molecule has 0 spiro atoms. The second kappa shape index (κ2) is 5.63. The van der Waals surface area contributed by atoms with Crippen LogP contribution in [-0.4, -0.2) is 6.04 Å². The lowest BCUT2D eigenvalue weighted by Crippen LogP contribution is -2.38. The minimum atomic E-state index is 0.333. The highest BCUT2D eigenvalue weighted by molar-refractivity contribution is 7.16. The Balaban J connectivity index is 1.65. The number of rotatable bonds is 5. The molecule has 3 rings (SSSR count). The van der Waals surface area contributed by atoms with Gasteiger partial charge in [-0.25, -0.2) is 0 Å². The molecule has 1 aliphatic carbocycles. The number of hydrogen-bond acceptors (Lipinski definition) is 3. The Kier molecular flexibility index (Phi) is 3.89. The summed E-state index contributed by atoms with van der Waals surface area (Å²) in [6.07, 6.45) is 2.18. The first kappa shape index (κ1) is 13.1. The summed E-state index contributed by atoms with van der Waals surface area (Å²) in [5.74, 6) is 7.01. The molecule has 1 saturated carbocycles. The van der Waals surface area contributed by atoms with E-state index in [1.54, 1.807) is 11.3 Å². The third-order valence-electron chi connectivity index (χ3n) is 3.85. The summed E-state index contributed by atoms with van der Waals surface area (Å²) in [6, 6.07) is 15.1. The number of benzene rings is 1. The zero-order valence-electron chi connectivity index (χ0n) is 10.6. The molecule has 0 radical (unpaired) electrons. The van der Waals surface area contributed by atoms with Gasteiger partial charge in [0, 0.05) is 10.9 Å². The van der Waals surface area contributed by atoms with E-state index in [1.165, 1.54) is 16.9 Å². The molecule has 0 amide bonds. The topological polar surface area (TPSA) is 38.0 Å². The van der Waals surface area contributed by atoms with Crippen LogP contribution in [0.5, 0.6) is 0 Å². The van der Waals surface area contributed by atoms with Crippen LogP contribution in [-0.2, 0) is 6.42 Å². The molecule has 1 fully saturated rings. The van der Waals surface area contributed by atoms with Crippen LogP contribution < -0.4 is 11.3 Å². The Morgan fingerprint density at radius 1 is 1.26 bits per heavy atom. The molecule has 1 heterocycles. The van der Waals surface area contributed by atoms with E-state index in [-0.39, 0.29) is 0 Å². The van der Waals surface area contributed by atoms with Crippen LogP contribution in [0.3, 0.4) is 0 Å². The van der Waals surface area contributed by atoms with Crippen molar-refractivity contribution < 1.29 is 0 Å². The first-order valence-corrected chi connectivity index (χ1v) is 7.72. The maximum atomic E-state index is 5.97. The molecule has 3 atom stereocenters.